The van der Waals surface area contributed by atoms with Crippen molar-refractivity contribution in [3.63, 3.8) is 0 Å². The summed E-state index contributed by atoms with van der Waals surface area (Å²) in [4.78, 5) is 10.2. The third kappa shape index (κ3) is 5.15. The molecule has 0 saturated carbocycles. The summed E-state index contributed by atoms with van der Waals surface area (Å²) in [6.07, 6.45) is 5.73. The van der Waals surface area contributed by atoms with E-state index in [1.807, 2.05) is 0 Å². The highest BCUT2D eigenvalue weighted by Crippen LogP contribution is 1.83. The largest absolute Gasteiger partial charge is 0.300 e. The molecule has 0 rings (SSSR count). The van der Waals surface area contributed by atoms with E-state index < -0.39 is 0 Å². The topological polar surface area (TPSA) is 17.1 Å². The van der Waals surface area contributed by atoms with Crippen LogP contribution in [0.4, 0.5) is 0 Å². The zero-order chi connectivity index (χ0) is 6.41. The molecule has 0 spiro atoms. The van der Waals surface area contributed by atoms with E-state index in [0.717, 1.165) is 0 Å². The molecular formula is C7H10O. The van der Waals surface area contributed by atoms with E-state index in [-0.39, 0.29) is 5.78 Å². The van der Waals surface area contributed by atoms with Gasteiger partial charge in [0.25, 0.3) is 0 Å². The average Bonchev–Trinajstić information content (AvgIpc) is 1.66. The molecule has 0 amide bonds. The molecule has 0 atom stereocenters. The van der Waals surface area contributed by atoms with Crippen molar-refractivity contribution >= 4 is 5.78 Å². The molecule has 0 bridgehead atoms. The highest BCUT2D eigenvalue weighted by Gasteiger charge is 1.82. The van der Waals surface area contributed by atoms with E-state index in [2.05, 4.69) is 6.58 Å². The summed E-state index contributed by atoms with van der Waals surface area (Å²) in [5, 5.41) is 0. The molecule has 0 radical (unpaired) electrons. The normalized spacial score (nSPS) is 9.62. The van der Waals surface area contributed by atoms with Crippen LogP contribution in [-0.2, 0) is 4.79 Å². The van der Waals surface area contributed by atoms with Crippen LogP contribution in [0.15, 0.2) is 24.8 Å². The zero-order valence-electron chi connectivity index (χ0n) is 5.05. The highest BCUT2D eigenvalue weighted by molar-refractivity contribution is 5.76. The van der Waals surface area contributed by atoms with Gasteiger partial charge in [-0.2, -0.15) is 0 Å². The maximum atomic E-state index is 10.2. The molecule has 0 aromatic rings. The van der Waals surface area contributed by atoms with Crippen LogP contribution in [-0.4, -0.2) is 5.78 Å². The minimum atomic E-state index is 0.183. The lowest BCUT2D eigenvalue weighted by atomic mass is 10.3. The van der Waals surface area contributed by atoms with Crippen LogP contribution in [0.5, 0.6) is 0 Å². The second kappa shape index (κ2) is 4.31. The van der Waals surface area contributed by atoms with Crippen LogP contribution >= 0.6 is 0 Å². The van der Waals surface area contributed by atoms with Gasteiger partial charge in [0.15, 0.2) is 0 Å². The average molecular weight is 110 g/mol. The van der Waals surface area contributed by atoms with E-state index in [1.54, 1.807) is 25.2 Å². The van der Waals surface area contributed by atoms with Gasteiger partial charge < -0.3 is 0 Å². The highest BCUT2D eigenvalue weighted by atomic mass is 16.1. The lowest BCUT2D eigenvalue weighted by molar-refractivity contribution is -0.116. The van der Waals surface area contributed by atoms with Crippen LogP contribution in [0.3, 0.4) is 0 Å². The quantitative estimate of drug-likeness (QED) is 0.505. The molecule has 1 heteroatoms. The number of hydrogen-bond donors (Lipinski definition) is 0. The molecule has 0 N–H and O–H groups in total. The zero-order valence-corrected chi connectivity index (χ0v) is 5.05. The number of ketones is 1. The first kappa shape index (κ1) is 7.15. The van der Waals surface area contributed by atoms with Crippen molar-refractivity contribution in [1.29, 1.82) is 0 Å². The summed E-state index contributed by atoms with van der Waals surface area (Å²) in [5.74, 6) is 0.183. The van der Waals surface area contributed by atoms with Gasteiger partial charge in [-0.25, -0.2) is 0 Å². The van der Waals surface area contributed by atoms with Gasteiger partial charge in [0.1, 0.15) is 5.78 Å². The van der Waals surface area contributed by atoms with Crippen molar-refractivity contribution < 1.29 is 4.79 Å². The molecule has 0 aromatic heterocycles. The third-order valence-corrected chi connectivity index (χ3v) is 0.677. The molecule has 0 aliphatic rings. The minimum Gasteiger partial charge on any atom is -0.300 e. The smallest absolute Gasteiger partial charge is 0.133 e. The van der Waals surface area contributed by atoms with E-state index >= 15 is 0 Å². The molecular weight excluding hydrogens is 100 g/mol. The maximum absolute atomic E-state index is 10.2. The monoisotopic (exact) mass is 110 g/mol. The van der Waals surface area contributed by atoms with E-state index in [1.165, 1.54) is 0 Å². The Morgan fingerprint density at radius 2 is 2.38 bits per heavy atom. The Bertz CT molecular complexity index is 112. The van der Waals surface area contributed by atoms with Crippen LogP contribution in [0.1, 0.15) is 13.3 Å². The summed E-state index contributed by atoms with van der Waals surface area (Å²) in [7, 11) is 0. The molecule has 0 aromatic carbocycles. The molecule has 44 valence electrons. The van der Waals surface area contributed by atoms with Crippen LogP contribution in [0, 0.1) is 0 Å². The van der Waals surface area contributed by atoms with Crippen LogP contribution in [0.2, 0.25) is 0 Å². The molecule has 0 aliphatic heterocycles. The van der Waals surface area contributed by atoms with E-state index in [9.17, 15) is 4.79 Å². The van der Waals surface area contributed by atoms with Crippen molar-refractivity contribution in [3.05, 3.63) is 24.8 Å². The first-order valence-corrected chi connectivity index (χ1v) is 2.54. The van der Waals surface area contributed by atoms with E-state index in [4.69, 9.17) is 0 Å². The van der Waals surface area contributed by atoms with Crippen LogP contribution < -0.4 is 0 Å². The Hall–Kier alpha value is -0.850. The summed E-state index contributed by atoms with van der Waals surface area (Å²) in [6, 6.07) is 0. The molecule has 1 nitrogen and oxygen atoms in total. The third-order valence-electron chi connectivity index (χ3n) is 0.677. The second-order valence-corrected chi connectivity index (χ2v) is 1.57. The first-order valence-electron chi connectivity index (χ1n) is 2.54. The number of hydrogen-bond acceptors (Lipinski definition) is 1. The molecule has 0 aliphatic carbocycles. The fourth-order valence-corrected chi connectivity index (χ4v) is 0.330. The standard InChI is InChI=1S/C7H10O/c1-3-4-5-6-7(2)8/h3-5H,1,6H2,2H3/b5-4+. The summed E-state index contributed by atoms with van der Waals surface area (Å²) in [5.41, 5.74) is 0. The molecule has 0 heterocycles. The van der Waals surface area contributed by atoms with Gasteiger partial charge in [0.2, 0.25) is 0 Å². The Balaban J connectivity index is 3.29. The predicted molar refractivity (Wildman–Crippen MR) is 34.6 cm³/mol. The minimum absolute atomic E-state index is 0.183. The van der Waals surface area contributed by atoms with Gasteiger partial charge in [-0.15, -0.1) is 0 Å². The maximum Gasteiger partial charge on any atom is 0.133 e. The Labute approximate surface area is 49.7 Å². The number of carbonyl (C=O) groups is 1. The van der Waals surface area contributed by atoms with Gasteiger partial charge in [0.05, 0.1) is 0 Å². The fraction of sp³-hybridized carbons (Fsp3) is 0.286. The Kier molecular flexibility index (Phi) is 3.85. The van der Waals surface area contributed by atoms with Crippen LogP contribution in [0.25, 0.3) is 0 Å². The van der Waals surface area contributed by atoms with Gasteiger partial charge in [-0.05, 0) is 6.92 Å². The number of allylic oxidation sites excluding steroid dienone is 3. The second-order valence-electron chi connectivity index (χ2n) is 1.57. The van der Waals surface area contributed by atoms with Gasteiger partial charge >= 0.3 is 0 Å². The van der Waals surface area contributed by atoms with Crippen molar-refractivity contribution in [1.82, 2.24) is 0 Å². The summed E-state index contributed by atoms with van der Waals surface area (Å²) < 4.78 is 0. The lowest BCUT2D eigenvalue weighted by Crippen LogP contribution is -1.82. The first-order chi connectivity index (χ1) is 3.77. The van der Waals surface area contributed by atoms with Crippen molar-refractivity contribution in [3.8, 4) is 0 Å². The predicted octanol–water partition coefficient (Wildman–Crippen LogP) is 1.71. The van der Waals surface area contributed by atoms with E-state index in [0.29, 0.717) is 6.42 Å². The summed E-state index contributed by atoms with van der Waals surface area (Å²) >= 11 is 0. The van der Waals surface area contributed by atoms with Crippen molar-refractivity contribution in [2.75, 3.05) is 0 Å². The Morgan fingerprint density at radius 3 is 2.75 bits per heavy atom. The fourth-order valence-electron chi connectivity index (χ4n) is 0.330. The molecule has 8 heavy (non-hydrogen) atoms. The SMILES string of the molecule is C=C/C=C/CC(C)=O. The van der Waals surface area contributed by atoms with Crippen molar-refractivity contribution in [2.45, 2.75) is 13.3 Å². The molecule has 0 fully saturated rings. The van der Waals surface area contributed by atoms with Gasteiger partial charge in [0, 0.05) is 6.42 Å². The number of Topliss-reactive ketones (excluding diaryl/α,β-unsaturated/α-hetero) is 1. The number of rotatable bonds is 3. The van der Waals surface area contributed by atoms with Gasteiger partial charge in [-0.1, -0.05) is 24.8 Å². The van der Waals surface area contributed by atoms with Gasteiger partial charge in [-0.3, -0.25) is 4.79 Å². The summed E-state index contributed by atoms with van der Waals surface area (Å²) in [6.45, 7) is 5.02. The molecule has 0 saturated heterocycles. The lowest BCUT2D eigenvalue weighted by Gasteiger charge is -1.78. The number of carbonyl (C=O) groups excluding carboxylic acids is 1. The molecule has 0 unspecified atom stereocenters. The Morgan fingerprint density at radius 1 is 1.75 bits per heavy atom. The van der Waals surface area contributed by atoms with Crippen molar-refractivity contribution in [2.24, 2.45) is 0 Å².